The summed E-state index contributed by atoms with van der Waals surface area (Å²) >= 11 is 0. The van der Waals surface area contributed by atoms with Crippen molar-refractivity contribution in [2.75, 3.05) is 26.2 Å². The highest BCUT2D eigenvalue weighted by molar-refractivity contribution is 6.74. The van der Waals surface area contributed by atoms with Crippen molar-refractivity contribution in [2.24, 2.45) is 10.7 Å². The molecule has 1 amide bonds. The molecule has 0 aromatic carbocycles. The summed E-state index contributed by atoms with van der Waals surface area (Å²) in [5.74, 6) is -0.101. The summed E-state index contributed by atoms with van der Waals surface area (Å²) in [5.41, 5.74) is 5.48. The molecule has 184 valence electrons. The Kier molecular flexibility index (Phi) is 7.86. The lowest BCUT2D eigenvalue weighted by molar-refractivity contribution is -0.137. The number of rotatable bonds is 7. The van der Waals surface area contributed by atoms with Gasteiger partial charge in [-0.25, -0.2) is 0 Å². The van der Waals surface area contributed by atoms with E-state index in [1.807, 2.05) is 13.0 Å². The molecule has 0 bridgehead atoms. The number of hydrogen-bond donors (Lipinski definition) is 1. The Balaban J connectivity index is 1.90. The van der Waals surface area contributed by atoms with Crippen LogP contribution in [0.25, 0.3) is 0 Å². The molecule has 0 spiro atoms. The Hall–Kier alpha value is -1.57. The van der Waals surface area contributed by atoms with Crippen LogP contribution < -0.4 is 5.73 Å². The van der Waals surface area contributed by atoms with Crippen molar-refractivity contribution in [1.82, 2.24) is 9.80 Å². The van der Waals surface area contributed by atoms with Crippen LogP contribution in [0.1, 0.15) is 53.4 Å². The number of dihydropyridines is 1. The molecule has 0 aromatic heterocycles. The molecule has 0 radical (unpaired) electrons. The number of carbonyl (C=O) groups is 1. The summed E-state index contributed by atoms with van der Waals surface area (Å²) in [6, 6.07) is 2.45. The Bertz CT molecular complexity index is 829. The van der Waals surface area contributed by atoms with Crippen molar-refractivity contribution in [3.8, 4) is 6.07 Å². The lowest BCUT2D eigenvalue weighted by atomic mass is 9.88. The van der Waals surface area contributed by atoms with Crippen LogP contribution in [-0.2, 0) is 14.0 Å². The molecular weight excluding hydrogens is 434 g/mol. The van der Waals surface area contributed by atoms with E-state index in [4.69, 9.17) is 14.9 Å². The van der Waals surface area contributed by atoms with Gasteiger partial charge in [0.25, 0.3) is 5.91 Å². The molecule has 0 aliphatic carbocycles. The van der Waals surface area contributed by atoms with Crippen LogP contribution >= 0.6 is 0 Å². The van der Waals surface area contributed by atoms with Gasteiger partial charge in [-0.1, -0.05) is 20.8 Å². The Morgan fingerprint density at radius 2 is 2.06 bits per heavy atom. The van der Waals surface area contributed by atoms with Gasteiger partial charge in [0, 0.05) is 31.8 Å². The number of hydrogen-bond acceptors (Lipinski definition) is 7. The number of aliphatic imine (C=N–C) groups is 1. The van der Waals surface area contributed by atoms with E-state index in [-0.39, 0.29) is 23.2 Å². The highest BCUT2D eigenvalue weighted by Crippen LogP contribution is 2.42. The van der Waals surface area contributed by atoms with Gasteiger partial charge in [0.05, 0.1) is 24.9 Å². The predicted octanol–water partition coefficient (Wildman–Crippen LogP) is 3.02. The molecular formula is C24H41N5O3Si. The molecule has 0 saturated carbocycles. The maximum atomic E-state index is 13.3. The Labute approximate surface area is 199 Å². The molecule has 9 heteroatoms. The highest BCUT2D eigenvalue weighted by Gasteiger charge is 2.52. The number of piperidine rings is 1. The third-order valence-corrected chi connectivity index (χ3v) is 11.9. The number of nitrogens with two attached hydrogens (primary N) is 1. The average molecular weight is 476 g/mol. The zero-order chi connectivity index (χ0) is 24.4. The summed E-state index contributed by atoms with van der Waals surface area (Å²) in [6.07, 6.45) is 6.37. The molecule has 33 heavy (non-hydrogen) atoms. The molecule has 1 unspecified atom stereocenters. The van der Waals surface area contributed by atoms with Crippen molar-refractivity contribution in [1.29, 1.82) is 5.26 Å². The second kappa shape index (κ2) is 9.96. The van der Waals surface area contributed by atoms with E-state index < -0.39 is 20.0 Å². The van der Waals surface area contributed by atoms with Crippen molar-refractivity contribution >= 4 is 20.4 Å². The fourth-order valence-corrected chi connectivity index (χ4v) is 5.81. The second-order valence-corrected chi connectivity index (χ2v) is 15.9. The smallest absolute Gasteiger partial charge is 0.256 e. The van der Waals surface area contributed by atoms with E-state index in [1.165, 1.54) is 0 Å². The number of nitriles is 1. The lowest BCUT2D eigenvalue weighted by Crippen LogP contribution is -2.63. The highest BCUT2D eigenvalue weighted by atomic mass is 28.4. The summed E-state index contributed by atoms with van der Waals surface area (Å²) in [6.45, 7) is 14.9. The molecule has 8 nitrogen and oxygen atoms in total. The van der Waals surface area contributed by atoms with E-state index in [2.05, 4.69) is 49.8 Å². The average Bonchev–Trinajstić information content (AvgIpc) is 3.11. The van der Waals surface area contributed by atoms with Crippen molar-refractivity contribution in [3.05, 3.63) is 11.8 Å². The predicted molar refractivity (Wildman–Crippen MR) is 132 cm³/mol. The number of allylic oxidation sites excluding steroid dienone is 1. The van der Waals surface area contributed by atoms with Crippen molar-refractivity contribution in [2.45, 2.75) is 95.4 Å². The fraction of sp³-hybridized carbons (Fsp3) is 0.792. The summed E-state index contributed by atoms with van der Waals surface area (Å²) in [5, 5.41) is 10.7. The topological polar surface area (TPSA) is 104 Å². The van der Waals surface area contributed by atoms with Crippen LogP contribution in [0.5, 0.6) is 0 Å². The van der Waals surface area contributed by atoms with E-state index in [9.17, 15) is 10.1 Å². The monoisotopic (exact) mass is 475 g/mol. The van der Waals surface area contributed by atoms with Crippen LogP contribution in [0.2, 0.25) is 18.1 Å². The first kappa shape index (κ1) is 26.0. The van der Waals surface area contributed by atoms with Crippen LogP contribution in [-0.4, -0.2) is 80.4 Å². The number of nitrogens with zero attached hydrogens (tertiary/aromatic N) is 4. The number of amides is 1. The van der Waals surface area contributed by atoms with Crippen molar-refractivity contribution in [3.63, 3.8) is 0 Å². The maximum absolute atomic E-state index is 13.3. The van der Waals surface area contributed by atoms with Gasteiger partial charge in [0.15, 0.2) is 13.9 Å². The van der Waals surface area contributed by atoms with E-state index in [1.54, 1.807) is 11.1 Å². The molecule has 3 aliphatic rings. The number of ether oxygens (including phenoxy) is 1. The summed E-state index contributed by atoms with van der Waals surface area (Å²) in [7, 11) is -2.06. The van der Waals surface area contributed by atoms with Gasteiger partial charge in [-0.15, -0.1) is 0 Å². The molecule has 4 atom stereocenters. The maximum Gasteiger partial charge on any atom is 0.256 e. The van der Waals surface area contributed by atoms with E-state index in [0.29, 0.717) is 31.8 Å². The van der Waals surface area contributed by atoms with Gasteiger partial charge in [-0.05, 0) is 50.4 Å². The SMILES string of the molecule is C[C@H](N)CO[C@@H]1CCN(C2=CC=NC[C@@]2(C#N)N2CCCCC2O[Si](C)(C)C(C)(C)C)C1=O. The van der Waals surface area contributed by atoms with E-state index in [0.717, 1.165) is 25.8 Å². The van der Waals surface area contributed by atoms with Crippen LogP contribution in [0.4, 0.5) is 0 Å². The summed E-state index contributed by atoms with van der Waals surface area (Å²) < 4.78 is 12.6. The van der Waals surface area contributed by atoms with Gasteiger partial charge in [-0.3, -0.25) is 14.7 Å². The van der Waals surface area contributed by atoms with Gasteiger partial charge in [0.2, 0.25) is 0 Å². The van der Waals surface area contributed by atoms with Gasteiger partial charge in [0.1, 0.15) is 12.3 Å². The first-order chi connectivity index (χ1) is 15.4. The normalized spacial score (nSPS) is 30.3. The first-order valence-corrected chi connectivity index (χ1v) is 15.1. The molecule has 0 aromatic rings. The third-order valence-electron chi connectivity index (χ3n) is 7.45. The first-order valence-electron chi connectivity index (χ1n) is 12.2. The van der Waals surface area contributed by atoms with Crippen LogP contribution in [0, 0.1) is 11.3 Å². The minimum atomic E-state index is -2.06. The molecule has 3 heterocycles. The van der Waals surface area contributed by atoms with Crippen LogP contribution in [0.15, 0.2) is 16.8 Å². The third kappa shape index (κ3) is 5.25. The van der Waals surface area contributed by atoms with E-state index >= 15 is 0 Å². The summed E-state index contributed by atoms with van der Waals surface area (Å²) in [4.78, 5) is 21.7. The van der Waals surface area contributed by atoms with Gasteiger partial charge >= 0.3 is 0 Å². The Morgan fingerprint density at radius 1 is 1.33 bits per heavy atom. The number of carbonyl (C=O) groups excluding carboxylic acids is 1. The van der Waals surface area contributed by atoms with Gasteiger partial charge in [-0.2, -0.15) is 5.26 Å². The zero-order valence-electron chi connectivity index (χ0n) is 21.1. The minimum absolute atomic E-state index is 0.0644. The molecule has 3 rings (SSSR count). The van der Waals surface area contributed by atoms with Crippen molar-refractivity contribution < 1.29 is 14.0 Å². The Morgan fingerprint density at radius 3 is 2.70 bits per heavy atom. The largest absolute Gasteiger partial charge is 0.401 e. The molecule has 2 saturated heterocycles. The lowest BCUT2D eigenvalue weighted by Gasteiger charge is -2.51. The molecule has 3 aliphatic heterocycles. The quantitative estimate of drug-likeness (QED) is 0.568. The van der Waals surface area contributed by atoms with Crippen LogP contribution in [0.3, 0.4) is 0 Å². The molecule has 2 fully saturated rings. The van der Waals surface area contributed by atoms with Gasteiger partial charge < -0.3 is 19.8 Å². The number of likely N-dealkylation sites (tertiary alicyclic amines) is 2. The second-order valence-electron chi connectivity index (χ2n) is 11.1. The zero-order valence-corrected chi connectivity index (χ0v) is 22.1. The standard InChI is InChI=1S/C24H41N5O3Si/c1-18(26)15-31-19-11-14-28(22(19)30)20-10-12-27-17-24(20,16-25)29-13-8-7-9-21(29)32-33(5,6)23(2,3)4/h10,12,18-19,21H,7-9,11,13-15,17,26H2,1-6H3/t18-,19+,21?,24+/m0/s1. The minimum Gasteiger partial charge on any atom is -0.401 e. The fourth-order valence-electron chi connectivity index (χ4n) is 4.53. The molecule has 2 N–H and O–H groups in total.